The van der Waals surface area contributed by atoms with Gasteiger partial charge >= 0.3 is 0 Å². The monoisotopic (exact) mass is 388 g/mol. The number of aromatic nitrogens is 5. The standard InChI is InChI=1S/C20H16N6O3/c1-2-28-17-15-16(29-18(17)19(27)21-20-22-24-25-23-20)13-10-6-7-11-14(13)26(15)12-8-4-3-5-9-12/h3-11H,2H2,1H3,(H2,21,22,23,24,25,27). The van der Waals surface area contributed by atoms with E-state index in [1.54, 1.807) is 0 Å². The maximum absolute atomic E-state index is 12.8. The van der Waals surface area contributed by atoms with Crippen LogP contribution in [0.3, 0.4) is 0 Å². The van der Waals surface area contributed by atoms with Crippen LogP contribution in [0.15, 0.2) is 59.0 Å². The lowest BCUT2D eigenvalue weighted by Gasteiger charge is -2.09. The summed E-state index contributed by atoms with van der Waals surface area (Å²) in [6, 6.07) is 17.7. The summed E-state index contributed by atoms with van der Waals surface area (Å²) in [5.74, 6) is -0.0512. The number of hydrogen-bond acceptors (Lipinski definition) is 6. The molecule has 0 aliphatic heterocycles. The van der Waals surface area contributed by atoms with Gasteiger partial charge in [-0.25, -0.2) is 0 Å². The summed E-state index contributed by atoms with van der Waals surface area (Å²) >= 11 is 0. The average molecular weight is 388 g/mol. The summed E-state index contributed by atoms with van der Waals surface area (Å²) in [7, 11) is 0. The minimum Gasteiger partial charge on any atom is -0.488 e. The summed E-state index contributed by atoms with van der Waals surface area (Å²) in [5, 5.41) is 16.7. The highest BCUT2D eigenvalue weighted by molar-refractivity contribution is 6.14. The Labute approximate surface area is 164 Å². The largest absolute Gasteiger partial charge is 0.488 e. The number of nitrogens with zero attached hydrogens (tertiary/aromatic N) is 4. The zero-order valence-electron chi connectivity index (χ0n) is 15.4. The molecule has 0 bridgehead atoms. The lowest BCUT2D eigenvalue weighted by Crippen LogP contribution is -2.14. The fourth-order valence-electron chi connectivity index (χ4n) is 3.42. The molecule has 0 unspecified atom stereocenters. The average Bonchev–Trinajstić information content (AvgIpc) is 3.45. The molecule has 5 aromatic rings. The van der Waals surface area contributed by atoms with Gasteiger partial charge in [-0.2, -0.15) is 5.21 Å². The van der Waals surface area contributed by atoms with Crippen LogP contribution in [0.4, 0.5) is 5.95 Å². The van der Waals surface area contributed by atoms with Crippen LogP contribution < -0.4 is 10.1 Å². The van der Waals surface area contributed by atoms with E-state index in [-0.39, 0.29) is 11.7 Å². The lowest BCUT2D eigenvalue weighted by atomic mass is 10.2. The maximum Gasteiger partial charge on any atom is 0.297 e. The highest BCUT2D eigenvalue weighted by Crippen LogP contribution is 2.41. The molecule has 0 saturated carbocycles. The van der Waals surface area contributed by atoms with E-state index in [0.29, 0.717) is 23.5 Å². The molecule has 2 N–H and O–H groups in total. The molecule has 2 aromatic carbocycles. The number of carbonyl (C=O) groups excluding carboxylic acids is 1. The molecule has 9 nitrogen and oxygen atoms in total. The van der Waals surface area contributed by atoms with E-state index in [2.05, 4.69) is 25.9 Å². The van der Waals surface area contributed by atoms with Crippen molar-refractivity contribution in [3.05, 3.63) is 60.4 Å². The number of para-hydroxylation sites is 2. The van der Waals surface area contributed by atoms with Gasteiger partial charge < -0.3 is 13.7 Å². The van der Waals surface area contributed by atoms with Crippen LogP contribution >= 0.6 is 0 Å². The van der Waals surface area contributed by atoms with Gasteiger partial charge in [0.2, 0.25) is 5.76 Å². The number of tetrazole rings is 1. The van der Waals surface area contributed by atoms with Crippen LogP contribution in [0.5, 0.6) is 5.75 Å². The first-order valence-corrected chi connectivity index (χ1v) is 9.07. The number of hydrogen-bond donors (Lipinski definition) is 2. The molecule has 1 amide bonds. The van der Waals surface area contributed by atoms with E-state index < -0.39 is 5.91 Å². The second-order valence-electron chi connectivity index (χ2n) is 6.25. The van der Waals surface area contributed by atoms with Crippen LogP contribution in [0.1, 0.15) is 17.5 Å². The first-order chi connectivity index (χ1) is 14.3. The van der Waals surface area contributed by atoms with Crippen molar-refractivity contribution in [2.24, 2.45) is 0 Å². The Morgan fingerprint density at radius 2 is 1.97 bits per heavy atom. The van der Waals surface area contributed by atoms with Crippen molar-refractivity contribution in [2.75, 3.05) is 11.9 Å². The Morgan fingerprint density at radius 1 is 1.17 bits per heavy atom. The fraction of sp³-hybridized carbons (Fsp3) is 0.100. The van der Waals surface area contributed by atoms with Crippen LogP contribution in [0.25, 0.3) is 27.7 Å². The van der Waals surface area contributed by atoms with Crippen molar-refractivity contribution in [1.29, 1.82) is 0 Å². The van der Waals surface area contributed by atoms with Crippen LogP contribution in [0, 0.1) is 0 Å². The lowest BCUT2D eigenvalue weighted by molar-refractivity contribution is 0.0993. The molecule has 5 rings (SSSR count). The molecule has 0 aliphatic rings. The van der Waals surface area contributed by atoms with Crippen LogP contribution in [0.2, 0.25) is 0 Å². The van der Waals surface area contributed by atoms with Crippen molar-refractivity contribution in [3.8, 4) is 11.4 Å². The number of ether oxygens (including phenoxy) is 1. The van der Waals surface area contributed by atoms with E-state index in [9.17, 15) is 4.79 Å². The van der Waals surface area contributed by atoms with Gasteiger partial charge in [0.05, 0.1) is 12.1 Å². The fourth-order valence-corrected chi connectivity index (χ4v) is 3.42. The summed E-state index contributed by atoms with van der Waals surface area (Å²) in [6.45, 7) is 2.22. The predicted molar refractivity (Wildman–Crippen MR) is 106 cm³/mol. The number of fused-ring (bicyclic) bond motifs is 3. The normalized spacial score (nSPS) is 11.2. The second kappa shape index (κ2) is 6.79. The van der Waals surface area contributed by atoms with Crippen molar-refractivity contribution in [2.45, 2.75) is 6.92 Å². The van der Waals surface area contributed by atoms with Crippen molar-refractivity contribution in [3.63, 3.8) is 0 Å². The number of amides is 1. The molecule has 3 aromatic heterocycles. The number of H-pyrrole nitrogens is 1. The maximum atomic E-state index is 12.8. The third-order valence-corrected chi connectivity index (χ3v) is 4.53. The van der Waals surface area contributed by atoms with E-state index in [1.165, 1.54) is 0 Å². The first kappa shape index (κ1) is 17.0. The summed E-state index contributed by atoms with van der Waals surface area (Å²) in [6.07, 6.45) is 0. The van der Waals surface area contributed by atoms with Gasteiger partial charge in [0, 0.05) is 11.1 Å². The Balaban J connectivity index is 1.79. The number of aromatic amines is 1. The molecule has 3 heterocycles. The highest BCUT2D eigenvalue weighted by atomic mass is 16.5. The summed E-state index contributed by atoms with van der Waals surface area (Å²) < 4.78 is 13.9. The molecular formula is C20H16N6O3. The van der Waals surface area contributed by atoms with E-state index in [1.807, 2.05) is 66.1 Å². The van der Waals surface area contributed by atoms with E-state index >= 15 is 0 Å². The van der Waals surface area contributed by atoms with Gasteiger partial charge in [-0.15, -0.1) is 5.10 Å². The zero-order valence-corrected chi connectivity index (χ0v) is 15.4. The minimum absolute atomic E-state index is 0.0503. The molecule has 9 heteroatoms. The van der Waals surface area contributed by atoms with Crippen molar-refractivity contribution in [1.82, 2.24) is 25.2 Å². The Kier molecular flexibility index (Phi) is 3.98. The Morgan fingerprint density at radius 3 is 2.72 bits per heavy atom. The third-order valence-electron chi connectivity index (χ3n) is 4.53. The quantitative estimate of drug-likeness (QED) is 0.476. The zero-order chi connectivity index (χ0) is 19.8. The first-order valence-electron chi connectivity index (χ1n) is 9.07. The van der Waals surface area contributed by atoms with E-state index in [4.69, 9.17) is 9.15 Å². The van der Waals surface area contributed by atoms with Crippen LogP contribution in [-0.2, 0) is 0 Å². The topological polar surface area (TPSA) is 111 Å². The second-order valence-corrected chi connectivity index (χ2v) is 6.25. The highest BCUT2D eigenvalue weighted by Gasteiger charge is 2.28. The van der Waals surface area contributed by atoms with Gasteiger partial charge in [0.1, 0.15) is 5.52 Å². The van der Waals surface area contributed by atoms with Crippen molar-refractivity contribution < 1.29 is 13.9 Å². The van der Waals surface area contributed by atoms with Gasteiger partial charge in [0.15, 0.2) is 11.3 Å². The number of anilines is 1. The number of furan rings is 1. The summed E-state index contributed by atoms with van der Waals surface area (Å²) in [4.78, 5) is 12.8. The molecule has 29 heavy (non-hydrogen) atoms. The molecule has 0 saturated heterocycles. The molecule has 0 fully saturated rings. The Bertz CT molecular complexity index is 1300. The Hall–Kier alpha value is -4.14. The SMILES string of the molecule is CCOc1c(C(=O)Nc2nn[nH]n2)oc2c3ccccc3n(-c3ccccc3)c12. The third kappa shape index (κ3) is 2.71. The predicted octanol–water partition coefficient (Wildman–Crippen LogP) is 3.54. The van der Waals surface area contributed by atoms with Gasteiger partial charge in [-0.3, -0.25) is 10.1 Å². The van der Waals surface area contributed by atoms with Crippen molar-refractivity contribution >= 4 is 33.9 Å². The molecular weight excluding hydrogens is 372 g/mol. The molecule has 0 atom stereocenters. The number of nitrogens with one attached hydrogen (secondary N) is 2. The summed E-state index contributed by atoms with van der Waals surface area (Å²) in [5.41, 5.74) is 3.16. The molecule has 144 valence electrons. The minimum atomic E-state index is -0.519. The van der Waals surface area contributed by atoms with Gasteiger partial charge in [0.25, 0.3) is 11.9 Å². The number of benzene rings is 2. The number of rotatable bonds is 5. The molecule has 0 aliphatic carbocycles. The van der Waals surface area contributed by atoms with Gasteiger partial charge in [-0.05, 0) is 36.4 Å². The molecule has 0 spiro atoms. The smallest absolute Gasteiger partial charge is 0.297 e. The molecule has 0 radical (unpaired) electrons. The number of carbonyl (C=O) groups is 1. The van der Waals surface area contributed by atoms with Gasteiger partial charge in [-0.1, -0.05) is 35.4 Å². The van der Waals surface area contributed by atoms with Crippen LogP contribution in [-0.4, -0.2) is 37.7 Å². The van der Waals surface area contributed by atoms with E-state index in [0.717, 1.165) is 16.6 Å².